The highest BCUT2D eigenvalue weighted by molar-refractivity contribution is 6.09. The topological polar surface area (TPSA) is 92.9 Å². The van der Waals surface area contributed by atoms with Gasteiger partial charge in [0.05, 0.1) is 18.8 Å². The van der Waals surface area contributed by atoms with Crippen molar-refractivity contribution in [2.75, 3.05) is 7.11 Å². The Morgan fingerprint density at radius 3 is 2.76 bits per heavy atom. The second-order valence-electron chi connectivity index (χ2n) is 11.4. The highest BCUT2D eigenvalue weighted by Gasteiger charge is 2.57. The highest BCUT2D eigenvalue weighted by atomic mass is 16.5. The SMILES string of the molecule is C=C1CCC2[C@](C)(CCC[C@]2(C)C(=O)OC)[C@H]1CCc1ccoc1/C=C1\N=C(c2ccccc2)NNC1=O. The van der Waals surface area contributed by atoms with Crippen LogP contribution in [0.5, 0.6) is 0 Å². The van der Waals surface area contributed by atoms with Gasteiger partial charge in [0.2, 0.25) is 0 Å². The number of esters is 1. The van der Waals surface area contributed by atoms with Crippen molar-refractivity contribution in [2.24, 2.45) is 27.7 Å². The smallest absolute Gasteiger partial charge is 0.311 e. The van der Waals surface area contributed by atoms with Gasteiger partial charge in [-0.3, -0.25) is 20.4 Å². The number of benzene rings is 1. The minimum Gasteiger partial charge on any atom is -0.469 e. The first-order chi connectivity index (χ1) is 18.3. The molecule has 2 N–H and O–H groups in total. The summed E-state index contributed by atoms with van der Waals surface area (Å²) < 4.78 is 11.1. The van der Waals surface area contributed by atoms with Crippen LogP contribution >= 0.6 is 0 Å². The summed E-state index contributed by atoms with van der Waals surface area (Å²) in [6.45, 7) is 8.93. The summed E-state index contributed by atoms with van der Waals surface area (Å²) in [6, 6.07) is 11.6. The molecule has 0 saturated heterocycles. The van der Waals surface area contributed by atoms with Gasteiger partial charge in [-0.25, -0.2) is 4.99 Å². The molecule has 1 aromatic heterocycles. The summed E-state index contributed by atoms with van der Waals surface area (Å²) in [5.74, 6) is 1.38. The molecule has 0 bridgehead atoms. The number of allylic oxidation sites excluding steroid dienone is 1. The van der Waals surface area contributed by atoms with Crippen molar-refractivity contribution < 1.29 is 18.7 Å². The molecule has 2 aliphatic carbocycles. The first-order valence-electron chi connectivity index (χ1n) is 13.5. The van der Waals surface area contributed by atoms with Crippen LogP contribution in [-0.4, -0.2) is 24.8 Å². The van der Waals surface area contributed by atoms with E-state index in [4.69, 9.17) is 9.15 Å². The van der Waals surface area contributed by atoms with E-state index in [-0.39, 0.29) is 28.9 Å². The van der Waals surface area contributed by atoms with Gasteiger partial charge in [0.15, 0.2) is 5.84 Å². The third-order valence-electron chi connectivity index (χ3n) is 9.23. The minimum absolute atomic E-state index is 0.0112. The summed E-state index contributed by atoms with van der Waals surface area (Å²) in [4.78, 5) is 30.0. The van der Waals surface area contributed by atoms with Gasteiger partial charge in [0.25, 0.3) is 5.91 Å². The summed E-state index contributed by atoms with van der Waals surface area (Å²) in [5, 5.41) is 0. The molecular weight excluding hydrogens is 478 g/mol. The van der Waals surface area contributed by atoms with E-state index >= 15 is 0 Å². The van der Waals surface area contributed by atoms with E-state index in [2.05, 4.69) is 36.3 Å². The van der Waals surface area contributed by atoms with Crippen LogP contribution in [0.15, 0.2) is 69.9 Å². The second kappa shape index (κ2) is 10.3. The molecule has 1 aromatic carbocycles. The third-order valence-corrected chi connectivity index (χ3v) is 9.23. The largest absolute Gasteiger partial charge is 0.469 e. The lowest BCUT2D eigenvalue weighted by Gasteiger charge is -2.57. The summed E-state index contributed by atoms with van der Waals surface area (Å²) in [6.07, 6.45) is 9.95. The average molecular weight is 516 g/mol. The molecule has 0 spiro atoms. The van der Waals surface area contributed by atoms with Crippen molar-refractivity contribution in [1.29, 1.82) is 0 Å². The number of aryl methyl sites for hydroxylation is 1. The molecule has 5 rings (SSSR count). The fraction of sp³-hybridized carbons (Fsp3) is 0.452. The van der Waals surface area contributed by atoms with Gasteiger partial charge in [-0.2, -0.15) is 0 Å². The Morgan fingerprint density at radius 2 is 2.00 bits per heavy atom. The molecule has 3 aliphatic rings. The number of nitrogens with zero attached hydrogens (tertiary/aromatic N) is 1. The molecule has 7 nitrogen and oxygen atoms in total. The Labute approximate surface area is 224 Å². The summed E-state index contributed by atoms with van der Waals surface area (Å²) >= 11 is 0. The van der Waals surface area contributed by atoms with E-state index in [1.807, 2.05) is 36.4 Å². The minimum atomic E-state index is -0.456. The number of rotatable bonds is 6. The molecule has 2 fully saturated rings. The zero-order valence-corrected chi connectivity index (χ0v) is 22.5. The number of aliphatic imine (C=N–C) groups is 1. The van der Waals surface area contributed by atoms with Gasteiger partial charge in [0, 0.05) is 11.6 Å². The maximum Gasteiger partial charge on any atom is 0.311 e. The predicted octanol–water partition coefficient (Wildman–Crippen LogP) is 5.59. The number of amides is 1. The molecule has 1 unspecified atom stereocenters. The van der Waals surface area contributed by atoms with Crippen molar-refractivity contribution in [2.45, 2.75) is 58.8 Å². The van der Waals surface area contributed by atoms with Crippen LogP contribution in [0.4, 0.5) is 0 Å². The molecule has 7 heteroatoms. The van der Waals surface area contributed by atoms with Crippen molar-refractivity contribution in [3.8, 4) is 0 Å². The number of hydrogen-bond donors (Lipinski definition) is 2. The number of hydrogen-bond acceptors (Lipinski definition) is 6. The maximum absolute atomic E-state index is 12.9. The van der Waals surface area contributed by atoms with E-state index in [1.165, 1.54) is 12.7 Å². The van der Waals surface area contributed by atoms with Gasteiger partial charge in [-0.1, -0.05) is 55.8 Å². The number of hydrazine groups is 1. The van der Waals surface area contributed by atoms with Crippen molar-refractivity contribution in [3.05, 3.63) is 77.4 Å². The van der Waals surface area contributed by atoms with Crippen LogP contribution in [0.3, 0.4) is 0 Å². The third kappa shape index (κ3) is 4.59. The summed E-state index contributed by atoms with van der Waals surface area (Å²) in [5.41, 5.74) is 8.55. The van der Waals surface area contributed by atoms with Crippen LogP contribution in [0, 0.1) is 22.7 Å². The molecule has 4 atom stereocenters. The van der Waals surface area contributed by atoms with Crippen LogP contribution in [0.25, 0.3) is 6.08 Å². The monoisotopic (exact) mass is 515 g/mol. The van der Waals surface area contributed by atoms with Gasteiger partial charge >= 0.3 is 5.97 Å². The van der Waals surface area contributed by atoms with Crippen LogP contribution in [0.1, 0.15) is 69.3 Å². The number of nitrogens with one attached hydrogen (secondary N) is 2. The fourth-order valence-electron chi connectivity index (χ4n) is 7.27. The number of fused-ring (bicyclic) bond motifs is 1. The molecule has 1 amide bonds. The Bertz CT molecular complexity index is 1290. The lowest BCUT2D eigenvalue weighted by Crippen LogP contribution is -2.53. The second-order valence-corrected chi connectivity index (χ2v) is 11.4. The zero-order valence-electron chi connectivity index (χ0n) is 22.5. The molecule has 2 aromatic rings. The molecular formula is C31H37N3O4. The predicted molar refractivity (Wildman–Crippen MR) is 147 cm³/mol. The van der Waals surface area contributed by atoms with Crippen molar-refractivity contribution in [3.63, 3.8) is 0 Å². The van der Waals surface area contributed by atoms with Crippen molar-refractivity contribution in [1.82, 2.24) is 10.9 Å². The number of methoxy groups -OCH3 is 1. The molecule has 200 valence electrons. The van der Waals surface area contributed by atoms with E-state index in [9.17, 15) is 9.59 Å². The van der Waals surface area contributed by atoms with Gasteiger partial charge in [-0.05, 0) is 74.3 Å². The molecule has 1 aliphatic heterocycles. The van der Waals surface area contributed by atoms with Crippen LogP contribution in [-0.2, 0) is 20.7 Å². The number of ether oxygens (including phenoxy) is 1. The first-order valence-corrected chi connectivity index (χ1v) is 13.5. The average Bonchev–Trinajstić information content (AvgIpc) is 3.36. The molecule has 38 heavy (non-hydrogen) atoms. The number of furan rings is 1. The van der Waals surface area contributed by atoms with Crippen molar-refractivity contribution >= 4 is 23.8 Å². The van der Waals surface area contributed by atoms with Crippen LogP contribution in [0.2, 0.25) is 0 Å². The van der Waals surface area contributed by atoms with Gasteiger partial charge in [0.1, 0.15) is 11.5 Å². The Morgan fingerprint density at radius 1 is 1.21 bits per heavy atom. The Kier molecular flexibility index (Phi) is 7.03. The van der Waals surface area contributed by atoms with E-state index in [0.717, 1.165) is 56.1 Å². The fourth-order valence-corrected chi connectivity index (χ4v) is 7.27. The zero-order chi connectivity index (χ0) is 26.9. The van der Waals surface area contributed by atoms with E-state index < -0.39 is 5.41 Å². The number of carbonyl (C=O) groups is 2. The van der Waals surface area contributed by atoms with E-state index in [0.29, 0.717) is 17.5 Å². The van der Waals surface area contributed by atoms with E-state index in [1.54, 1.807) is 12.3 Å². The summed E-state index contributed by atoms with van der Waals surface area (Å²) in [7, 11) is 1.50. The Hall–Kier alpha value is -3.61. The van der Waals surface area contributed by atoms with Gasteiger partial charge in [-0.15, -0.1) is 0 Å². The normalized spacial score (nSPS) is 30.2. The molecule has 2 heterocycles. The lowest BCUT2D eigenvalue weighted by molar-refractivity contribution is -0.168. The standard InChI is InChI=1S/C31H37N3O4/c1-20-11-14-26-30(2,16-8-17-31(26,3)29(36)37-4)23(20)13-12-21-15-18-38-25(21)19-24-28(35)34-33-27(32-24)22-9-6-5-7-10-22/h5-7,9-10,15,18-19,23,26H,1,8,11-14,16-17H2,2-4H3,(H,32,33)(H,34,35)/b24-19-/t23-,26?,30+,31-/m0/s1. The first kappa shape index (κ1) is 26.0. The van der Waals surface area contributed by atoms with Gasteiger partial charge < -0.3 is 9.15 Å². The molecule has 2 saturated carbocycles. The highest BCUT2D eigenvalue weighted by Crippen LogP contribution is 2.62. The number of carbonyl (C=O) groups excluding carboxylic acids is 2. The number of amidine groups is 1. The quantitative estimate of drug-likeness (QED) is 0.297. The maximum atomic E-state index is 12.9. The van der Waals surface area contributed by atoms with Crippen LogP contribution < -0.4 is 10.9 Å². The lowest BCUT2D eigenvalue weighted by atomic mass is 9.46. The molecule has 0 radical (unpaired) electrons. The Balaban J connectivity index is 1.37.